The van der Waals surface area contributed by atoms with Crippen LogP contribution in [0.4, 0.5) is 0 Å². The summed E-state index contributed by atoms with van der Waals surface area (Å²) in [4.78, 5) is 25.5. The first-order valence-corrected chi connectivity index (χ1v) is 9.24. The van der Waals surface area contributed by atoms with Crippen LogP contribution in [0.1, 0.15) is 38.9 Å². The molecule has 1 aromatic heterocycles. The number of carbonyl (C=O) groups is 2. The fourth-order valence-electron chi connectivity index (χ4n) is 3.43. The predicted octanol–water partition coefficient (Wildman–Crippen LogP) is 4.37. The number of ether oxygens (including phenoxy) is 1. The van der Waals surface area contributed by atoms with Crippen molar-refractivity contribution < 1.29 is 14.3 Å². The lowest BCUT2D eigenvalue weighted by atomic mass is 9.87. The van der Waals surface area contributed by atoms with Crippen molar-refractivity contribution in [1.29, 1.82) is 0 Å². The number of nitrogens with zero attached hydrogens (tertiary/aromatic N) is 3. The number of hydrogen-bond acceptors (Lipinski definition) is 5. The van der Waals surface area contributed by atoms with Crippen LogP contribution in [0, 0.1) is 0 Å². The summed E-state index contributed by atoms with van der Waals surface area (Å²) in [5.74, 6) is -0.341. The van der Waals surface area contributed by atoms with Crippen molar-refractivity contribution in [2.45, 2.75) is 12.5 Å². The second-order valence-corrected chi connectivity index (χ2v) is 7.32. The number of hydrogen-bond donors (Lipinski definition) is 0. The highest BCUT2D eigenvalue weighted by Gasteiger charge is 2.41. The molecule has 2 aromatic carbocycles. The Hall–Kier alpha value is -2.96. The Balaban J connectivity index is 1.44. The number of rotatable bonds is 2. The molecule has 0 saturated carbocycles. The van der Waals surface area contributed by atoms with Crippen LogP contribution in [0.5, 0.6) is 0 Å². The summed E-state index contributed by atoms with van der Waals surface area (Å²) in [6.45, 7) is 0. The van der Waals surface area contributed by atoms with Crippen molar-refractivity contribution in [2.75, 3.05) is 0 Å². The van der Waals surface area contributed by atoms with Crippen molar-refractivity contribution in [1.82, 2.24) is 15.0 Å². The highest BCUT2D eigenvalue weighted by atomic mass is 35.5. The molecule has 0 amide bonds. The van der Waals surface area contributed by atoms with Gasteiger partial charge in [0, 0.05) is 17.5 Å². The summed E-state index contributed by atoms with van der Waals surface area (Å²) >= 11 is 12.0. The molecule has 5 rings (SSSR count). The van der Waals surface area contributed by atoms with Gasteiger partial charge in [0.1, 0.15) is 11.8 Å². The van der Waals surface area contributed by atoms with Crippen LogP contribution in [-0.2, 0) is 4.74 Å². The molecule has 138 valence electrons. The van der Waals surface area contributed by atoms with Gasteiger partial charge >= 0.3 is 0 Å². The molecule has 8 heteroatoms. The van der Waals surface area contributed by atoms with Crippen LogP contribution in [0.3, 0.4) is 0 Å². The van der Waals surface area contributed by atoms with E-state index in [9.17, 15) is 9.59 Å². The molecule has 1 aliphatic carbocycles. The lowest BCUT2D eigenvalue weighted by molar-refractivity contribution is 0.0834. The first-order chi connectivity index (χ1) is 13.5. The number of Topliss-reactive ketones (excluding diaryl/α,β-unsaturated/α-hetero) is 2. The van der Waals surface area contributed by atoms with E-state index < -0.39 is 6.10 Å². The maximum Gasteiger partial charge on any atom is 0.228 e. The van der Waals surface area contributed by atoms with E-state index in [1.165, 1.54) is 4.68 Å². The third-order valence-electron chi connectivity index (χ3n) is 4.83. The molecule has 0 spiro atoms. The molecule has 0 radical (unpaired) electrons. The highest BCUT2D eigenvalue weighted by Crippen LogP contribution is 2.41. The molecular weight excluding hydrogens is 401 g/mol. The zero-order valence-electron chi connectivity index (χ0n) is 14.2. The van der Waals surface area contributed by atoms with E-state index in [2.05, 4.69) is 10.3 Å². The Morgan fingerprint density at radius 3 is 2.50 bits per heavy atom. The average molecular weight is 412 g/mol. The molecule has 3 aromatic rings. The van der Waals surface area contributed by atoms with E-state index >= 15 is 0 Å². The second-order valence-electron chi connectivity index (χ2n) is 6.51. The summed E-state index contributed by atoms with van der Waals surface area (Å²) in [7, 11) is 0. The largest absolute Gasteiger partial charge is 0.479 e. The van der Waals surface area contributed by atoms with Crippen LogP contribution in [0.25, 0.3) is 5.69 Å². The van der Waals surface area contributed by atoms with E-state index in [1.54, 1.807) is 48.7 Å². The Labute approximate surface area is 169 Å². The van der Waals surface area contributed by atoms with Gasteiger partial charge < -0.3 is 4.74 Å². The maximum atomic E-state index is 12.8. The SMILES string of the molecule is O=C1C2=C(OC(c3cn(-c4ccc(Cl)c(Cl)c4)nn3)C2)C(=O)c2ccccc21. The number of ketones is 2. The maximum absolute atomic E-state index is 12.8. The molecule has 2 aliphatic rings. The number of carbonyl (C=O) groups excluding carboxylic acids is 2. The zero-order valence-corrected chi connectivity index (χ0v) is 15.7. The molecule has 1 atom stereocenters. The summed E-state index contributed by atoms with van der Waals surface area (Å²) < 4.78 is 7.37. The second kappa shape index (κ2) is 6.29. The van der Waals surface area contributed by atoms with Crippen LogP contribution < -0.4 is 0 Å². The van der Waals surface area contributed by atoms with E-state index in [0.717, 1.165) is 0 Å². The highest BCUT2D eigenvalue weighted by molar-refractivity contribution is 6.42. The van der Waals surface area contributed by atoms with Gasteiger partial charge in [-0.1, -0.05) is 52.7 Å². The number of fused-ring (bicyclic) bond motifs is 1. The molecule has 1 aliphatic heterocycles. The van der Waals surface area contributed by atoms with Crippen molar-refractivity contribution in [3.05, 3.63) is 86.9 Å². The minimum Gasteiger partial charge on any atom is -0.479 e. The van der Waals surface area contributed by atoms with Gasteiger partial charge in [0.25, 0.3) is 0 Å². The van der Waals surface area contributed by atoms with Gasteiger partial charge in [-0.2, -0.15) is 0 Å². The van der Waals surface area contributed by atoms with Gasteiger partial charge in [0.15, 0.2) is 11.5 Å². The molecule has 1 unspecified atom stereocenters. The minimum atomic E-state index is -0.552. The smallest absolute Gasteiger partial charge is 0.228 e. The van der Waals surface area contributed by atoms with Gasteiger partial charge in [0.2, 0.25) is 5.78 Å². The molecule has 28 heavy (non-hydrogen) atoms. The van der Waals surface area contributed by atoms with Gasteiger partial charge in [-0.3, -0.25) is 9.59 Å². The fourth-order valence-corrected chi connectivity index (χ4v) is 3.72. The lowest BCUT2D eigenvalue weighted by Crippen LogP contribution is -2.19. The zero-order chi connectivity index (χ0) is 19.4. The fraction of sp³-hybridized carbons (Fsp3) is 0.100. The van der Waals surface area contributed by atoms with Gasteiger partial charge in [0.05, 0.1) is 27.5 Å². The van der Waals surface area contributed by atoms with Crippen LogP contribution in [0.15, 0.2) is 60.0 Å². The van der Waals surface area contributed by atoms with Crippen LogP contribution in [-0.4, -0.2) is 26.6 Å². The molecule has 6 nitrogen and oxygen atoms in total. The lowest BCUT2D eigenvalue weighted by Gasteiger charge is -2.14. The van der Waals surface area contributed by atoms with Gasteiger partial charge in [-0.05, 0) is 18.2 Å². The minimum absolute atomic E-state index is 0.109. The van der Waals surface area contributed by atoms with Crippen molar-refractivity contribution in [3.8, 4) is 5.69 Å². The van der Waals surface area contributed by atoms with E-state index in [-0.39, 0.29) is 23.7 Å². The number of benzene rings is 2. The summed E-state index contributed by atoms with van der Waals surface area (Å²) in [5.41, 5.74) is 2.37. The van der Waals surface area contributed by atoms with E-state index in [4.69, 9.17) is 27.9 Å². The Kier molecular flexibility index (Phi) is 3.86. The predicted molar refractivity (Wildman–Crippen MR) is 102 cm³/mol. The third kappa shape index (κ3) is 2.57. The molecular formula is C20H11Cl2N3O3. The van der Waals surface area contributed by atoms with E-state index in [0.29, 0.717) is 38.1 Å². The van der Waals surface area contributed by atoms with Crippen LogP contribution in [0.2, 0.25) is 10.0 Å². The average Bonchev–Trinajstić information content (AvgIpc) is 3.36. The molecule has 0 bridgehead atoms. The van der Waals surface area contributed by atoms with Crippen molar-refractivity contribution in [3.63, 3.8) is 0 Å². The number of aromatic nitrogens is 3. The van der Waals surface area contributed by atoms with Crippen molar-refractivity contribution in [2.24, 2.45) is 0 Å². The third-order valence-corrected chi connectivity index (χ3v) is 5.57. The first kappa shape index (κ1) is 17.2. The van der Waals surface area contributed by atoms with Crippen molar-refractivity contribution >= 4 is 34.8 Å². The molecule has 0 saturated heterocycles. The van der Waals surface area contributed by atoms with E-state index in [1.807, 2.05) is 0 Å². The van der Waals surface area contributed by atoms with Gasteiger partial charge in [-0.25, -0.2) is 4.68 Å². The molecule has 0 fully saturated rings. The summed E-state index contributed by atoms with van der Waals surface area (Å²) in [5, 5.41) is 9.08. The molecule has 0 N–H and O–H groups in total. The number of allylic oxidation sites excluding steroid dienone is 1. The standard InChI is InChI=1S/C20H11Cl2N3O3/c21-14-6-5-10(7-15(14)22)25-9-16(23-24-25)17-8-13-18(26)11-3-1-2-4-12(11)19(27)20(13)28-17/h1-7,9,17H,8H2. The van der Waals surface area contributed by atoms with Crippen LogP contribution >= 0.6 is 23.2 Å². The normalized spacial score (nSPS) is 18.1. The summed E-state index contributed by atoms with van der Waals surface area (Å²) in [6.07, 6.45) is 1.41. The summed E-state index contributed by atoms with van der Waals surface area (Å²) in [6, 6.07) is 11.9. The Bertz CT molecular complexity index is 1150. The van der Waals surface area contributed by atoms with Gasteiger partial charge in [-0.15, -0.1) is 5.10 Å². The quantitative estimate of drug-likeness (QED) is 0.625. The molecule has 2 heterocycles. The first-order valence-electron chi connectivity index (χ1n) is 8.49. The monoisotopic (exact) mass is 411 g/mol. The topological polar surface area (TPSA) is 74.1 Å². The Morgan fingerprint density at radius 1 is 1.00 bits per heavy atom. The Morgan fingerprint density at radius 2 is 1.75 bits per heavy atom. The number of halogens is 2.